The Morgan fingerprint density at radius 2 is 1.90 bits per heavy atom. The summed E-state index contributed by atoms with van der Waals surface area (Å²) in [6, 6.07) is 11.7. The molecule has 2 aromatic rings. The number of benzene rings is 2. The molecule has 0 heterocycles. The van der Waals surface area contributed by atoms with Crippen LogP contribution >= 0.6 is 0 Å². The van der Waals surface area contributed by atoms with Crippen molar-refractivity contribution in [1.29, 1.82) is 0 Å². The normalized spacial score (nSPS) is 15.9. The van der Waals surface area contributed by atoms with E-state index in [2.05, 4.69) is 0 Å². The number of hydrogen-bond acceptors (Lipinski definition) is 3. The second-order valence-corrected chi connectivity index (χ2v) is 5.61. The molecule has 0 amide bonds. The summed E-state index contributed by atoms with van der Waals surface area (Å²) in [7, 11) is 0. The minimum Gasteiger partial charge on any atom is -0.490 e. The first-order valence-corrected chi connectivity index (χ1v) is 7.60. The third kappa shape index (κ3) is 3.35. The van der Waals surface area contributed by atoms with E-state index in [4.69, 9.17) is 9.47 Å². The van der Waals surface area contributed by atoms with Crippen LogP contribution in [-0.4, -0.2) is 12.1 Å². The van der Waals surface area contributed by atoms with Crippen LogP contribution in [-0.2, 0) is 4.79 Å². The standard InChI is InChI=1S/C18H20O3/c1-13(19)20-18-9-5-6-14-10-11-16(12-17(14)18)21-15-7-3-2-4-8-15/h5-6,9-12,15H,2-4,7-8H2,1H3. The highest BCUT2D eigenvalue weighted by Gasteiger charge is 2.15. The molecule has 0 atom stereocenters. The maximum absolute atomic E-state index is 11.2. The Hall–Kier alpha value is -2.03. The second-order valence-electron chi connectivity index (χ2n) is 5.61. The van der Waals surface area contributed by atoms with Crippen molar-refractivity contribution in [3.63, 3.8) is 0 Å². The number of fused-ring (bicyclic) bond motifs is 1. The average molecular weight is 284 g/mol. The molecule has 3 heteroatoms. The highest BCUT2D eigenvalue weighted by Crippen LogP contribution is 2.31. The largest absolute Gasteiger partial charge is 0.490 e. The second kappa shape index (κ2) is 6.17. The number of esters is 1. The number of hydrogen-bond donors (Lipinski definition) is 0. The Bertz CT molecular complexity index is 642. The first kappa shape index (κ1) is 13.9. The zero-order valence-electron chi connectivity index (χ0n) is 12.3. The maximum Gasteiger partial charge on any atom is 0.308 e. The Morgan fingerprint density at radius 1 is 1.10 bits per heavy atom. The molecular formula is C18H20O3. The Morgan fingerprint density at radius 3 is 2.67 bits per heavy atom. The van der Waals surface area contributed by atoms with E-state index >= 15 is 0 Å². The van der Waals surface area contributed by atoms with Gasteiger partial charge in [0, 0.05) is 12.3 Å². The Kier molecular flexibility index (Phi) is 4.09. The van der Waals surface area contributed by atoms with Gasteiger partial charge >= 0.3 is 5.97 Å². The molecule has 2 aromatic carbocycles. The molecule has 110 valence electrons. The SMILES string of the molecule is CC(=O)Oc1cccc2ccc(OC3CCCCC3)cc12. The van der Waals surface area contributed by atoms with Crippen molar-refractivity contribution in [2.45, 2.75) is 45.1 Å². The van der Waals surface area contributed by atoms with Crippen LogP contribution in [0.5, 0.6) is 11.5 Å². The highest BCUT2D eigenvalue weighted by molar-refractivity contribution is 5.91. The van der Waals surface area contributed by atoms with E-state index in [-0.39, 0.29) is 5.97 Å². The summed E-state index contributed by atoms with van der Waals surface area (Å²) in [5.41, 5.74) is 0. The Balaban J connectivity index is 1.88. The molecule has 3 nitrogen and oxygen atoms in total. The van der Waals surface area contributed by atoms with Gasteiger partial charge in [0.2, 0.25) is 0 Å². The van der Waals surface area contributed by atoms with Gasteiger partial charge in [-0.05, 0) is 49.3 Å². The fourth-order valence-electron chi connectivity index (χ4n) is 2.92. The molecule has 1 aliphatic rings. The molecule has 0 aromatic heterocycles. The van der Waals surface area contributed by atoms with Gasteiger partial charge in [-0.1, -0.05) is 24.6 Å². The van der Waals surface area contributed by atoms with Crippen molar-refractivity contribution in [2.24, 2.45) is 0 Å². The van der Waals surface area contributed by atoms with Crippen molar-refractivity contribution >= 4 is 16.7 Å². The van der Waals surface area contributed by atoms with Gasteiger partial charge in [-0.15, -0.1) is 0 Å². The molecule has 1 aliphatic carbocycles. The summed E-state index contributed by atoms with van der Waals surface area (Å²) >= 11 is 0. The third-order valence-corrected chi connectivity index (χ3v) is 3.92. The lowest BCUT2D eigenvalue weighted by Gasteiger charge is -2.23. The van der Waals surface area contributed by atoms with Gasteiger partial charge in [0.15, 0.2) is 0 Å². The monoisotopic (exact) mass is 284 g/mol. The van der Waals surface area contributed by atoms with Crippen LogP contribution in [0.1, 0.15) is 39.0 Å². The molecule has 0 radical (unpaired) electrons. The van der Waals surface area contributed by atoms with E-state index in [1.54, 1.807) is 0 Å². The fourth-order valence-corrected chi connectivity index (χ4v) is 2.92. The third-order valence-electron chi connectivity index (χ3n) is 3.92. The van der Waals surface area contributed by atoms with Crippen molar-refractivity contribution in [3.05, 3.63) is 36.4 Å². The molecule has 0 aliphatic heterocycles. The van der Waals surface area contributed by atoms with Crippen LogP contribution in [0.25, 0.3) is 10.8 Å². The summed E-state index contributed by atoms with van der Waals surface area (Å²) in [4.78, 5) is 11.2. The molecular weight excluding hydrogens is 264 g/mol. The molecule has 1 fully saturated rings. The number of rotatable bonds is 3. The lowest BCUT2D eigenvalue weighted by atomic mass is 9.98. The predicted octanol–water partition coefficient (Wildman–Crippen LogP) is 4.48. The molecule has 0 spiro atoms. The zero-order chi connectivity index (χ0) is 14.7. The first-order chi connectivity index (χ1) is 10.2. The maximum atomic E-state index is 11.2. The van der Waals surface area contributed by atoms with Gasteiger partial charge < -0.3 is 9.47 Å². The fraction of sp³-hybridized carbons (Fsp3) is 0.389. The molecule has 3 rings (SSSR count). The predicted molar refractivity (Wildman–Crippen MR) is 82.8 cm³/mol. The minimum atomic E-state index is -0.305. The van der Waals surface area contributed by atoms with Gasteiger partial charge in [-0.3, -0.25) is 4.79 Å². The molecule has 0 saturated heterocycles. The van der Waals surface area contributed by atoms with E-state index in [1.807, 2.05) is 36.4 Å². The van der Waals surface area contributed by atoms with Crippen LogP contribution in [0.4, 0.5) is 0 Å². The summed E-state index contributed by atoms with van der Waals surface area (Å²) in [5, 5.41) is 1.96. The number of carbonyl (C=O) groups excluding carboxylic acids is 1. The van der Waals surface area contributed by atoms with Gasteiger partial charge in [-0.25, -0.2) is 0 Å². The number of ether oxygens (including phenoxy) is 2. The van der Waals surface area contributed by atoms with E-state index in [9.17, 15) is 4.79 Å². The van der Waals surface area contributed by atoms with Crippen molar-refractivity contribution in [3.8, 4) is 11.5 Å². The van der Waals surface area contributed by atoms with Crippen LogP contribution < -0.4 is 9.47 Å². The van der Waals surface area contributed by atoms with Gasteiger partial charge in [0.25, 0.3) is 0 Å². The van der Waals surface area contributed by atoms with Crippen molar-refractivity contribution < 1.29 is 14.3 Å². The molecule has 1 saturated carbocycles. The molecule has 0 unspecified atom stereocenters. The van der Waals surface area contributed by atoms with Crippen LogP contribution in [0.15, 0.2) is 36.4 Å². The quantitative estimate of drug-likeness (QED) is 0.616. The van der Waals surface area contributed by atoms with Crippen molar-refractivity contribution in [2.75, 3.05) is 0 Å². The zero-order valence-corrected chi connectivity index (χ0v) is 12.3. The van der Waals surface area contributed by atoms with Crippen molar-refractivity contribution in [1.82, 2.24) is 0 Å². The van der Waals surface area contributed by atoms with E-state index in [1.165, 1.54) is 26.2 Å². The number of carbonyl (C=O) groups is 1. The Labute approximate surface area is 124 Å². The van der Waals surface area contributed by atoms with Gasteiger partial charge in [0.05, 0.1) is 6.10 Å². The molecule has 21 heavy (non-hydrogen) atoms. The first-order valence-electron chi connectivity index (χ1n) is 7.60. The lowest BCUT2D eigenvalue weighted by molar-refractivity contribution is -0.131. The van der Waals surface area contributed by atoms with Gasteiger partial charge in [-0.2, -0.15) is 0 Å². The lowest BCUT2D eigenvalue weighted by Crippen LogP contribution is -2.19. The summed E-state index contributed by atoms with van der Waals surface area (Å²) in [6.45, 7) is 1.42. The van der Waals surface area contributed by atoms with Gasteiger partial charge in [0.1, 0.15) is 11.5 Å². The van der Waals surface area contributed by atoms with E-state index < -0.39 is 0 Å². The summed E-state index contributed by atoms with van der Waals surface area (Å²) in [6.07, 6.45) is 6.38. The highest BCUT2D eigenvalue weighted by atomic mass is 16.5. The molecule has 0 bridgehead atoms. The summed E-state index contributed by atoms with van der Waals surface area (Å²) < 4.78 is 11.4. The minimum absolute atomic E-state index is 0.305. The topological polar surface area (TPSA) is 35.5 Å². The smallest absolute Gasteiger partial charge is 0.308 e. The van der Waals surface area contributed by atoms with Crippen LogP contribution in [0.2, 0.25) is 0 Å². The van der Waals surface area contributed by atoms with E-state index in [0.717, 1.165) is 29.4 Å². The average Bonchev–Trinajstić information content (AvgIpc) is 2.48. The van der Waals surface area contributed by atoms with Crippen LogP contribution in [0, 0.1) is 0 Å². The summed E-state index contributed by atoms with van der Waals surface area (Å²) in [5.74, 6) is 1.14. The molecule has 0 N–H and O–H groups in total. The van der Waals surface area contributed by atoms with E-state index in [0.29, 0.717) is 11.9 Å². The van der Waals surface area contributed by atoms with Crippen LogP contribution in [0.3, 0.4) is 0 Å².